The van der Waals surface area contributed by atoms with Gasteiger partial charge in [0.15, 0.2) is 5.82 Å². The maximum Gasteiger partial charge on any atom is 0.573 e. The summed E-state index contributed by atoms with van der Waals surface area (Å²) in [5.74, 6) is -1.59. The molecule has 0 aliphatic carbocycles. The van der Waals surface area contributed by atoms with Crippen molar-refractivity contribution in [1.29, 1.82) is 5.26 Å². The molecule has 2 aromatic rings. The molecule has 1 aromatic heterocycles. The summed E-state index contributed by atoms with van der Waals surface area (Å²) in [6, 6.07) is 6.63. The largest absolute Gasteiger partial charge is 0.573 e. The van der Waals surface area contributed by atoms with Crippen LogP contribution in [0.2, 0.25) is 0 Å². The van der Waals surface area contributed by atoms with Gasteiger partial charge < -0.3 is 26.4 Å². The van der Waals surface area contributed by atoms with Crippen LogP contribution >= 0.6 is 0 Å². The Morgan fingerprint density at radius 1 is 1.39 bits per heavy atom. The predicted molar refractivity (Wildman–Crippen MR) is 102 cm³/mol. The molecule has 31 heavy (non-hydrogen) atoms. The van der Waals surface area contributed by atoms with Gasteiger partial charge in [-0.3, -0.25) is 10.1 Å². The van der Waals surface area contributed by atoms with Crippen molar-refractivity contribution in [2.75, 3.05) is 29.5 Å². The van der Waals surface area contributed by atoms with Gasteiger partial charge in [0.2, 0.25) is 0 Å². The average molecular weight is 433 g/mol. The summed E-state index contributed by atoms with van der Waals surface area (Å²) in [5, 5.41) is 24.4. The number of nitrogens with zero attached hydrogens (tertiary/aromatic N) is 4. The number of nitrogen functional groups attached to an aromatic ring is 2. The normalized spacial score (nSPS) is 17.5. The van der Waals surface area contributed by atoms with E-state index in [0.717, 1.165) is 12.1 Å². The number of allylic oxidation sites excluding steroid dienone is 1. The van der Waals surface area contributed by atoms with E-state index in [1.165, 1.54) is 17.0 Å². The van der Waals surface area contributed by atoms with Crippen LogP contribution in [0.25, 0.3) is 0 Å². The summed E-state index contributed by atoms with van der Waals surface area (Å²) in [6.45, 7) is 0.680. The zero-order chi connectivity index (χ0) is 22.5. The fraction of sp³-hybridized carbons (Fsp3) is 0.222. The molecule has 1 atom stereocenters. The molecule has 2 aliphatic heterocycles. The Hall–Kier alpha value is -4.21. The summed E-state index contributed by atoms with van der Waals surface area (Å²) in [5.41, 5.74) is 11.6. The summed E-state index contributed by atoms with van der Waals surface area (Å²) in [7, 11) is 0. The van der Waals surface area contributed by atoms with E-state index in [0.29, 0.717) is 13.1 Å². The number of ether oxygens (including phenoxy) is 1. The number of benzene rings is 1. The number of pyridine rings is 1. The van der Waals surface area contributed by atoms with Gasteiger partial charge in [0.25, 0.3) is 5.70 Å². The number of fused-ring (bicyclic) bond motifs is 3. The van der Waals surface area contributed by atoms with E-state index in [1.54, 1.807) is 0 Å². The van der Waals surface area contributed by atoms with Crippen LogP contribution in [0.1, 0.15) is 22.6 Å². The van der Waals surface area contributed by atoms with Gasteiger partial charge in [-0.15, -0.1) is 13.2 Å². The first kappa shape index (κ1) is 20.1. The van der Waals surface area contributed by atoms with Crippen molar-refractivity contribution in [2.24, 2.45) is 0 Å². The Labute approximate surface area is 172 Å². The van der Waals surface area contributed by atoms with Crippen molar-refractivity contribution in [3.05, 3.63) is 62.6 Å². The van der Waals surface area contributed by atoms with Gasteiger partial charge in [-0.2, -0.15) is 5.26 Å². The summed E-state index contributed by atoms with van der Waals surface area (Å²) in [4.78, 5) is 17.2. The predicted octanol–water partition coefficient (Wildman–Crippen LogP) is 2.02. The fourth-order valence-electron chi connectivity index (χ4n) is 3.85. The molecule has 4 rings (SSSR count). The molecule has 0 amide bonds. The molecule has 1 saturated heterocycles. The van der Waals surface area contributed by atoms with Crippen molar-refractivity contribution < 1.29 is 22.8 Å². The van der Waals surface area contributed by atoms with Crippen LogP contribution < -0.4 is 26.4 Å². The first-order valence-electron chi connectivity index (χ1n) is 8.87. The van der Waals surface area contributed by atoms with Crippen LogP contribution in [0, 0.1) is 21.4 Å². The molecule has 160 valence electrons. The maximum absolute atomic E-state index is 12.7. The highest BCUT2D eigenvalue weighted by Gasteiger charge is 2.46. The van der Waals surface area contributed by atoms with Crippen LogP contribution in [0.15, 0.2) is 35.8 Å². The minimum absolute atomic E-state index is 0.109. The highest BCUT2D eigenvalue weighted by molar-refractivity contribution is 5.80. The molecule has 0 radical (unpaired) electrons. The van der Waals surface area contributed by atoms with E-state index < -0.39 is 23.0 Å². The molecule has 0 spiro atoms. The topological polar surface area (TPSA) is 156 Å². The zero-order valence-corrected chi connectivity index (χ0v) is 15.6. The molecule has 1 fully saturated rings. The average Bonchev–Trinajstić information content (AvgIpc) is 3.15. The van der Waals surface area contributed by atoms with E-state index in [1.807, 2.05) is 6.07 Å². The Balaban J connectivity index is 2.00. The highest BCUT2D eigenvalue weighted by Crippen LogP contribution is 2.48. The molecule has 5 N–H and O–H groups in total. The maximum atomic E-state index is 12.7. The van der Waals surface area contributed by atoms with Crippen LogP contribution in [-0.2, 0) is 0 Å². The van der Waals surface area contributed by atoms with Crippen molar-refractivity contribution in [3.63, 3.8) is 0 Å². The van der Waals surface area contributed by atoms with Crippen molar-refractivity contribution >= 4 is 17.3 Å². The second-order valence-corrected chi connectivity index (χ2v) is 6.76. The Morgan fingerprint density at radius 3 is 2.77 bits per heavy atom. The standard InChI is InChI=1S/C18H14F3N7O3/c19-18(20,21)31-9-3-1-2-8(6-9)11-12-13(23)10(7-22)15(24)26-16(12)27-5-4-25-17(27)14(11)28(29)30/h1-3,6,11,25H,4-5H2,(H4,23,24,26). The molecule has 10 nitrogen and oxygen atoms in total. The fourth-order valence-corrected chi connectivity index (χ4v) is 3.85. The van der Waals surface area contributed by atoms with Gasteiger partial charge in [0.05, 0.1) is 10.6 Å². The Kier molecular flexibility index (Phi) is 4.49. The lowest BCUT2D eigenvalue weighted by Crippen LogP contribution is -2.34. The second-order valence-electron chi connectivity index (χ2n) is 6.76. The van der Waals surface area contributed by atoms with E-state index in [9.17, 15) is 28.5 Å². The molecule has 3 heterocycles. The highest BCUT2D eigenvalue weighted by atomic mass is 19.4. The van der Waals surface area contributed by atoms with E-state index >= 15 is 0 Å². The van der Waals surface area contributed by atoms with Crippen LogP contribution in [-0.4, -0.2) is 29.4 Å². The van der Waals surface area contributed by atoms with E-state index in [2.05, 4.69) is 15.0 Å². The van der Waals surface area contributed by atoms with Gasteiger partial charge in [-0.1, -0.05) is 12.1 Å². The van der Waals surface area contributed by atoms with Gasteiger partial charge in [-0.25, -0.2) is 4.98 Å². The van der Waals surface area contributed by atoms with Gasteiger partial charge in [0, 0.05) is 18.7 Å². The van der Waals surface area contributed by atoms with Crippen LogP contribution in [0.4, 0.5) is 30.5 Å². The number of alkyl halides is 3. The first-order chi connectivity index (χ1) is 14.6. The lowest BCUT2D eigenvalue weighted by atomic mass is 9.84. The SMILES string of the molecule is N#Cc1c(N)nc2c(c1N)C(c1cccc(OC(F)(F)F)c1)C([N+](=O)[O-])=C1NCCN12. The molecule has 1 unspecified atom stereocenters. The van der Waals surface area contributed by atoms with Crippen molar-refractivity contribution in [2.45, 2.75) is 12.3 Å². The monoisotopic (exact) mass is 433 g/mol. The second kappa shape index (κ2) is 6.94. The number of rotatable bonds is 3. The first-order valence-corrected chi connectivity index (χ1v) is 8.87. The van der Waals surface area contributed by atoms with Gasteiger partial charge in [0.1, 0.15) is 34.9 Å². The number of nitriles is 1. The number of aromatic nitrogens is 1. The number of nitrogens with one attached hydrogen (secondary N) is 1. The zero-order valence-electron chi connectivity index (χ0n) is 15.6. The molecular weight excluding hydrogens is 419 g/mol. The minimum atomic E-state index is -4.94. The summed E-state index contributed by atoms with van der Waals surface area (Å²) in [6.07, 6.45) is -4.94. The van der Waals surface area contributed by atoms with Crippen LogP contribution in [0.3, 0.4) is 0 Å². The number of halogens is 3. The summed E-state index contributed by atoms with van der Waals surface area (Å²) < 4.78 is 42.1. The van der Waals surface area contributed by atoms with Crippen molar-refractivity contribution in [3.8, 4) is 11.8 Å². The van der Waals surface area contributed by atoms with Crippen LogP contribution in [0.5, 0.6) is 5.75 Å². The number of anilines is 3. The third-order valence-electron chi connectivity index (χ3n) is 4.97. The number of hydrogen-bond donors (Lipinski definition) is 3. The third-order valence-corrected chi connectivity index (χ3v) is 4.97. The third kappa shape index (κ3) is 3.27. The minimum Gasteiger partial charge on any atom is -0.406 e. The van der Waals surface area contributed by atoms with E-state index in [-0.39, 0.29) is 45.5 Å². The quantitative estimate of drug-likeness (QED) is 0.487. The molecular formula is C18H14F3N7O3. The number of nitro groups is 1. The van der Waals surface area contributed by atoms with Gasteiger partial charge >= 0.3 is 6.36 Å². The van der Waals surface area contributed by atoms with Gasteiger partial charge in [-0.05, 0) is 17.7 Å². The molecule has 1 aromatic carbocycles. The lowest BCUT2D eigenvalue weighted by molar-refractivity contribution is -0.430. The summed E-state index contributed by atoms with van der Waals surface area (Å²) >= 11 is 0. The smallest absolute Gasteiger partial charge is 0.406 e. The van der Waals surface area contributed by atoms with Crippen molar-refractivity contribution in [1.82, 2.24) is 10.3 Å². The number of nitrogens with two attached hydrogens (primary N) is 2. The molecule has 13 heteroatoms. The number of hydrogen-bond acceptors (Lipinski definition) is 9. The molecule has 0 bridgehead atoms. The molecule has 0 saturated carbocycles. The van der Waals surface area contributed by atoms with E-state index in [4.69, 9.17) is 11.5 Å². The lowest BCUT2D eigenvalue weighted by Gasteiger charge is -2.31. The Bertz CT molecular complexity index is 1170. The molecule has 2 aliphatic rings. The Morgan fingerprint density at radius 2 is 2.13 bits per heavy atom.